The highest BCUT2D eigenvalue weighted by Gasteiger charge is 2.31. The number of imidazole rings is 1. The van der Waals surface area contributed by atoms with Gasteiger partial charge in [0.2, 0.25) is 0 Å². The van der Waals surface area contributed by atoms with Gasteiger partial charge in [-0.25, -0.2) is 14.2 Å². The standard InChI is InChI=1S/C34H30FN5O5S/c1-43-29-13-22(34(41)42)12-27-32(29)38-31(40(27)16-23-15-37-19-46-23)17-39-9-7-21(8-10-39)24-3-2-4-28-33(24)44-18-30(45-28)25-6-5-20(14-36)11-26(25)35/h2-6,11-13,15,19,21,30H,7-10,16-18H2,1H3,(H,41,42)/t30-/m0/s1. The van der Waals surface area contributed by atoms with Gasteiger partial charge in [-0.15, -0.1) is 11.3 Å². The number of carbonyl (C=O) groups is 1. The van der Waals surface area contributed by atoms with E-state index in [0.717, 1.165) is 42.2 Å². The number of nitrogens with zero attached hydrogens (tertiary/aromatic N) is 5. The number of fused-ring (bicyclic) bond motifs is 2. The van der Waals surface area contributed by atoms with Gasteiger partial charge < -0.3 is 23.9 Å². The summed E-state index contributed by atoms with van der Waals surface area (Å²) in [5.74, 6) is 1.30. The summed E-state index contributed by atoms with van der Waals surface area (Å²) in [5.41, 5.74) is 4.98. The number of halogens is 1. The van der Waals surface area contributed by atoms with Crippen LogP contribution in [-0.4, -0.2) is 57.3 Å². The van der Waals surface area contributed by atoms with E-state index in [1.54, 1.807) is 35.0 Å². The lowest BCUT2D eigenvalue weighted by Gasteiger charge is -2.34. The number of para-hydroxylation sites is 1. The van der Waals surface area contributed by atoms with Crippen LogP contribution in [0.5, 0.6) is 17.2 Å². The zero-order valence-electron chi connectivity index (χ0n) is 25.0. The molecular formula is C34H30FN5O5S. The number of hydrogen-bond donors (Lipinski definition) is 1. The van der Waals surface area contributed by atoms with E-state index in [1.165, 1.54) is 19.2 Å². The molecule has 1 saturated heterocycles. The zero-order chi connectivity index (χ0) is 31.8. The van der Waals surface area contributed by atoms with E-state index in [4.69, 9.17) is 24.5 Å². The lowest BCUT2D eigenvalue weighted by molar-refractivity contribution is 0.0696. The summed E-state index contributed by atoms with van der Waals surface area (Å²) in [6, 6.07) is 15.4. The summed E-state index contributed by atoms with van der Waals surface area (Å²) < 4.78 is 34.7. The summed E-state index contributed by atoms with van der Waals surface area (Å²) in [7, 11) is 1.52. The average Bonchev–Trinajstić information content (AvgIpc) is 3.72. The summed E-state index contributed by atoms with van der Waals surface area (Å²) in [4.78, 5) is 24.4. The number of likely N-dealkylation sites (tertiary alicyclic amines) is 1. The molecule has 0 bridgehead atoms. The van der Waals surface area contributed by atoms with E-state index in [1.807, 2.05) is 24.4 Å². The minimum absolute atomic E-state index is 0.146. The smallest absolute Gasteiger partial charge is 0.335 e. The minimum atomic E-state index is -1.02. The molecule has 3 aromatic carbocycles. The molecule has 0 radical (unpaired) electrons. The topological polar surface area (TPSA) is 123 Å². The summed E-state index contributed by atoms with van der Waals surface area (Å²) in [6.07, 6.45) is 3.01. The van der Waals surface area contributed by atoms with Gasteiger partial charge in [0, 0.05) is 22.2 Å². The van der Waals surface area contributed by atoms with Gasteiger partial charge in [-0.1, -0.05) is 18.2 Å². The highest BCUT2D eigenvalue weighted by atomic mass is 32.1. The second-order valence-corrected chi connectivity index (χ2v) is 12.4. The number of aromatic carboxylic acids is 1. The quantitative estimate of drug-likeness (QED) is 0.213. The van der Waals surface area contributed by atoms with E-state index in [0.29, 0.717) is 46.9 Å². The molecule has 4 heterocycles. The van der Waals surface area contributed by atoms with Crippen LogP contribution in [-0.2, 0) is 13.1 Å². The van der Waals surface area contributed by atoms with Crippen LogP contribution in [0, 0.1) is 17.1 Å². The van der Waals surface area contributed by atoms with Crippen molar-refractivity contribution in [2.24, 2.45) is 0 Å². The normalized spacial score (nSPS) is 16.8. The van der Waals surface area contributed by atoms with Gasteiger partial charge in [0.25, 0.3) is 0 Å². The molecule has 46 heavy (non-hydrogen) atoms. The van der Waals surface area contributed by atoms with Crippen molar-refractivity contribution < 1.29 is 28.5 Å². The molecule has 2 aliphatic rings. The van der Waals surface area contributed by atoms with E-state index >= 15 is 0 Å². The van der Waals surface area contributed by atoms with Crippen LogP contribution >= 0.6 is 11.3 Å². The number of benzene rings is 3. The lowest BCUT2D eigenvalue weighted by atomic mass is 9.88. The average molecular weight is 640 g/mol. The van der Waals surface area contributed by atoms with Crippen molar-refractivity contribution in [2.75, 3.05) is 26.8 Å². The molecule has 0 spiro atoms. The Balaban J connectivity index is 1.09. The fourth-order valence-corrected chi connectivity index (χ4v) is 6.94. The van der Waals surface area contributed by atoms with Crippen LogP contribution in [0.15, 0.2) is 60.2 Å². The molecule has 10 nitrogen and oxygen atoms in total. The van der Waals surface area contributed by atoms with Crippen molar-refractivity contribution in [1.82, 2.24) is 19.4 Å². The lowest BCUT2D eigenvalue weighted by Crippen LogP contribution is -2.34. The molecule has 12 heteroatoms. The zero-order valence-corrected chi connectivity index (χ0v) is 25.8. The summed E-state index contributed by atoms with van der Waals surface area (Å²) in [6.45, 7) is 2.95. The van der Waals surface area contributed by atoms with Gasteiger partial charge >= 0.3 is 5.97 Å². The van der Waals surface area contributed by atoms with E-state index in [2.05, 4.69) is 20.5 Å². The third-order valence-electron chi connectivity index (χ3n) is 8.69. The Morgan fingerprint density at radius 1 is 1.17 bits per heavy atom. The number of thiazole rings is 1. The van der Waals surface area contributed by atoms with Crippen LogP contribution < -0.4 is 14.2 Å². The molecular weight excluding hydrogens is 609 g/mol. The van der Waals surface area contributed by atoms with Gasteiger partial charge in [-0.05, 0) is 62.2 Å². The van der Waals surface area contributed by atoms with Crippen molar-refractivity contribution in [3.8, 4) is 23.3 Å². The van der Waals surface area contributed by atoms with Gasteiger partial charge in [0.1, 0.15) is 29.5 Å². The second-order valence-electron chi connectivity index (χ2n) is 11.4. The van der Waals surface area contributed by atoms with Gasteiger partial charge in [-0.3, -0.25) is 9.88 Å². The Kier molecular flexibility index (Phi) is 8.02. The van der Waals surface area contributed by atoms with Crippen LogP contribution in [0.2, 0.25) is 0 Å². The maximum Gasteiger partial charge on any atom is 0.335 e. The molecule has 2 aliphatic heterocycles. The first-order chi connectivity index (χ1) is 22.4. The third-order valence-corrected chi connectivity index (χ3v) is 9.45. The van der Waals surface area contributed by atoms with Crippen molar-refractivity contribution in [1.29, 1.82) is 5.26 Å². The predicted octanol–water partition coefficient (Wildman–Crippen LogP) is 6.15. The maximum absolute atomic E-state index is 14.7. The van der Waals surface area contributed by atoms with Crippen LogP contribution in [0.4, 0.5) is 4.39 Å². The van der Waals surface area contributed by atoms with Crippen molar-refractivity contribution in [3.63, 3.8) is 0 Å². The van der Waals surface area contributed by atoms with E-state index < -0.39 is 17.9 Å². The molecule has 7 rings (SSSR count). The minimum Gasteiger partial charge on any atom is -0.494 e. The van der Waals surface area contributed by atoms with Gasteiger partial charge in [-0.2, -0.15) is 5.26 Å². The Bertz CT molecular complexity index is 1960. The largest absolute Gasteiger partial charge is 0.494 e. The Morgan fingerprint density at radius 3 is 2.74 bits per heavy atom. The van der Waals surface area contributed by atoms with Crippen LogP contribution in [0.3, 0.4) is 0 Å². The predicted molar refractivity (Wildman–Crippen MR) is 168 cm³/mol. The number of methoxy groups -OCH3 is 1. The van der Waals surface area contributed by atoms with Gasteiger partial charge in [0.05, 0.1) is 48.4 Å². The molecule has 1 fully saturated rings. The summed E-state index contributed by atoms with van der Waals surface area (Å²) >= 11 is 1.54. The number of rotatable bonds is 8. The highest BCUT2D eigenvalue weighted by Crippen LogP contribution is 2.44. The number of aromatic nitrogens is 3. The van der Waals surface area contributed by atoms with Gasteiger partial charge in [0.15, 0.2) is 17.6 Å². The number of carboxylic acid groups (broad SMARTS) is 1. The summed E-state index contributed by atoms with van der Waals surface area (Å²) in [5, 5.41) is 18.8. The fraction of sp³-hybridized carbons (Fsp3) is 0.294. The van der Waals surface area contributed by atoms with Crippen molar-refractivity contribution >= 4 is 28.3 Å². The van der Waals surface area contributed by atoms with E-state index in [-0.39, 0.29) is 23.7 Å². The number of nitriles is 1. The monoisotopic (exact) mass is 639 g/mol. The SMILES string of the molecule is COc1cc(C(=O)O)cc2c1nc(CN1CCC(c3cccc4c3OC[C@@H](c3ccc(C#N)cc3F)O4)CC1)n2Cc1cncs1. The maximum atomic E-state index is 14.7. The van der Waals surface area contributed by atoms with Crippen molar-refractivity contribution in [3.05, 3.63) is 99.0 Å². The highest BCUT2D eigenvalue weighted by molar-refractivity contribution is 7.09. The molecule has 0 aliphatic carbocycles. The second kappa shape index (κ2) is 12.4. The van der Waals surface area contributed by atoms with Crippen molar-refractivity contribution in [2.45, 2.75) is 38.0 Å². The molecule has 1 atom stereocenters. The molecule has 0 saturated carbocycles. The Morgan fingerprint density at radius 2 is 2.02 bits per heavy atom. The van der Waals surface area contributed by atoms with E-state index in [9.17, 15) is 14.3 Å². The molecule has 1 N–H and O–H groups in total. The molecule has 234 valence electrons. The number of ether oxygens (including phenoxy) is 3. The number of hydrogen-bond acceptors (Lipinski definition) is 9. The number of piperidine rings is 1. The molecule has 0 unspecified atom stereocenters. The molecule has 2 aromatic heterocycles. The fourth-order valence-electron chi connectivity index (χ4n) is 6.35. The number of carboxylic acids is 1. The Labute approximate surface area is 268 Å². The van der Waals surface area contributed by atoms with Crippen LogP contribution in [0.1, 0.15) is 62.6 Å². The first kappa shape index (κ1) is 29.7. The first-order valence-electron chi connectivity index (χ1n) is 14.9. The molecule has 0 amide bonds. The third kappa shape index (κ3) is 5.63. The molecule has 5 aromatic rings. The Hall–Kier alpha value is -4.99. The first-order valence-corrected chi connectivity index (χ1v) is 15.8. The van der Waals surface area contributed by atoms with Crippen LogP contribution in [0.25, 0.3) is 11.0 Å².